The van der Waals surface area contributed by atoms with E-state index in [0.29, 0.717) is 32.5 Å². The van der Waals surface area contributed by atoms with Crippen molar-refractivity contribution < 1.29 is 17.9 Å². The van der Waals surface area contributed by atoms with Crippen molar-refractivity contribution in [3.63, 3.8) is 0 Å². The van der Waals surface area contributed by atoms with Crippen LogP contribution in [0.15, 0.2) is 60.7 Å². The van der Waals surface area contributed by atoms with Crippen LogP contribution in [-0.4, -0.2) is 44.6 Å². The Kier molecular flexibility index (Phi) is 6.77. The van der Waals surface area contributed by atoms with E-state index in [1.165, 1.54) is 0 Å². The molecule has 0 saturated carbocycles. The van der Waals surface area contributed by atoms with Crippen LogP contribution in [0.25, 0.3) is 10.8 Å². The van der Waals surface area contributed by atoms with Crippen LogP contribution in [0.4, 0.5) is 0 Å². The van der Waals surface area contributed by atoms with E-state index in [1.807, 2.05) is 60.7 Å². The van der Waals surface area contributed by atoms with Crippen molar-refractivity contribution in [1.82, 2.24) is 9.62 Å². The summed E-state index contributed by atoms with van der Waals surface area (Å²) in [6, 6.07) is 19.7. The van der Waals surface area contributed by atoms with Crippen molar-refractivity contribution in [3.8, 4) is 5.75 Å². The molecule has 1 aliphatic heterocycles. The average Bonchev–Trinajstić information content (AvgIpc) is 2.81. The maximum Gasteiger partial charge on any atom is 0.224 e. The van der Waals surface area contributed by atoms with Crippen molar-refractivity contribution in [3.05, 3.63) is 77.4 Å². The molecule has 0 radical (unpaired) electrons. The van der Waals surface area contributed by atoms with Crippen LogP contribution < -0.4 is 10.1 Å². The molecule has 32 heavy (non-hydrogen) atoms. The predicted molar refractivity (Wildman–Crippen MR) is 126 cm³/mol. The first-order valence-corrected chi connectivity index (χ1v) is 12.4. The van der Waals surface area contributed by atoms with Crippen LogP contribution in [-0.2, 0) is 34.2 Å². The topological polar surface area (TPSA) is 75.7 Å². The number of nitrogens with one attached hydrogen (secondary N) is 1. The van der Waals surface area contributed by atoms with Crippen LogP contribution >= 0.6 is 0 Å². The van der Waals surface area contributed by atoms with Crippen molar-refractivity contribution in [2.45, 2.75) is 25.8 Å². The highest BCUT2D eigenvalue weighted by Crippen LogP contribution is 2.25. The minimum absolute atomic E-state index is 0.0209. The third-order valence-corrected chi connectivity index (χ3v) is 7.82. The van der Waals surface area contributed by atoms with Crippen LogP contribution in [0.1, 0.15) is 23.1 Å². The Bertz CT molecular complexity index is 1220. The first kappa shape index (κ1) is 22.3. The molecule has 1 heterocycles. The number of benzene rings is 3. The van der Waals surface area contributed by atoms with Gasteiger partial charge in [-0.2, -0.15) is 4.31 Å². The summed E-state index contributed by atoms with van der Waals surface area (Å²) in [5, 5.41) is 5.03. The molecular weight excluding hydrogens is 424 g/mol. The lowest BCUT2D eigenvalue weighted by Crippen LogP contribution is -2.38. The Labute approximate surface area is 189 Å². The molecule has 0 bridgehead atoms. The first-order chi connectivity index (χ1) is 15.5. The van der Waals surface area contributed by atoms with E-state index in [-0.39, 0.29) is 18.1 Å². The minimum Gasteiger partial charge on any atom is -0.497 e. The molecule has 7 heteroatoms. The minimum atomic E-state index is -3.38. The smallest absolute Gasteiger partial charge is 0.224 e. The zero-order valence-electron chi connectivity index (χ0n) is 18.2. The van der Waals surface area contributed by atoms with E-state index < -0.39 is 10.0 Å². The fraction of sp³-hybridized carbons (Fsp3) is 0.320. The monoisotopic (exact) mass is 452 g/mol. The van der Waals surface area contributed by atoms with Gasteiger partial charge in [0.2, 0.25) is 15.9 Å². The maximum atomic E-state index is 12.8. The van der Waals surface area contributed by atoms with Crippen molar-refractivity contribution >= 4 is 26.7 Å². The molecule has 0 aliphatic carbocycles. The number of sulfonamides is 1. The number of hydrogen-bond acceptors (Lipinski definition) is 4. The predicted octanol–water partition coefficient (Wildman–Crippen LogP) is 3.29. The molecule has 0 spiro atoms. The van der Waals surface area contributed by atoms with Gasteiger partial charge in [-0.05, 0) is 52.4 Å². The molecule has 0 saturated heterocycles. The molecule has 1 amide bonds. The molecule has 1 aliphatic rings. The van der Waals surface area contributed by atoms with Gasteiger partial charge in [0.1, 0.15) is 5.75 Å². The summed E-state index contributed by atoms with van der Waals surface area (Å²) in [4.78, 5) is 12.4. The van der Waals surface area contributed by atoms with Crippen LogP contribution in [0.5, 0.6) is 5.75 Å². The molecule has 1 N–H and O–H groups in total. The SMILES string of the molecule is COc1ccc2c(c1)CCN(S(=O)(=O)CCCNC(=O)Cc1cccc3ccccc13)C2. The lowest BCUT2D eigenvalue weighted by atomic mass is 10.0. The molecule has 168 valence electrons. The van der Waals surface area contributed by atoms with Gasteiger partial charge in [0.15, 0.2) is 0 Å². The number of methoxy groups -OCH3 is 1. The average molecular weight is 453 g/mol. The van der Waals surface area contributed by atoms with Gasteiger partial charge >= 0.3 is 0 Å². The second-order valence-electron chi connectivity index (χ2n) is 8.05. The summed E-state index contributed by atoms with van der Waals surface area (Å²) in [6.07, 6.45) is 1.34. The molecule has 4 rings (SSSR count). The van der Waals surface area contributed by atoms with Crippen LogP contribution in [0, 0.1) is 0 Å². The highest BCUT2D eigenvalue weighted by Gasteiger charge is 2.26. The Morgan fingerprint density at radius 3 is 2.72 bits per heavy atom. The number of carbonyl (C=O) groups is 1. The summed E-state index contributed by atoms with van der Waals surface area (Å²) in [5.74, 6) is 0.714. The number of hydrogen-bond donors (Lipinski definition) is 1. The molecule has 0 aromatic heterocycles. The molecule has 0 unspecified atom stereocenters. The molecule has 6 nitrogen and oxygen atoms in total. The lowest BCUT2D eigenvalue weighted by molar-refractivity contribution is -0.120. The van der Waals surface area contributed by atoms with Crippen molar-refractivity contribution in [1.29, 1.82) is 0 Å². The number of fused-ring (bicyclic) bond motifs is 2. The van der Waals surface area contributed by atoms with Crippen molar-refractivity contribution in [2.24, 2.45) is 0 Å². The van der Waals surface area contributed by atoms with E-state index in [9.17, 15) is 13.2 Å². The number of nitrogens with zero attached hydrogens (tertiary/aromatic N) is 1. The van der Waals surface area contributed by atoms with Gasteiger partial charge in [-0.3, -0.25) is 4.79 Å². The molecule has 0 atom stereocenters. The van der Waals surface area contributed by atoms with Gasteiger partial charge in [0.25, 0.3) is 0 Å². The van der Waals surface area contributed by atoms with Gasteiger partial charge in [0, 0.05) is 19.6 Å². The van der Waals surface area contributed by atoms with Crippen molar-refractivity contribution in [2.75, 3.05) is 26.0 Å². The highest BCUT2D eigenvalue weighted by atomic mass is 32.2. The summed E-state index contributed by atoms with van der Waals surface area (Å²) in [5.41, 5.74) is 3.12. The van der Waals surface area contributed by atoms with Gasteiger partial charge in [-0.25, -0.2) is 8.42 Å². The molecular formula is C25H28N2O4S. The van der Waals surface area contributed by atoms with Crippen LogP contribution in [0.2, 0.25) is 0 Å². The first-order valence-electron chi connectivity index (χ1n) is 10.8. The second kappa shape index (κ2) is 9.71. The summed E-state index contributed by atoms with van der Waals surface area (Å²) >= 11 is 0. The largest absolute Gasteiger partial charge is 0.497 e. The maximum absolute atomic E-state index is 12.8. The van der Waals surface area contributed by atoms with E-state index >= 15 is 0 Å². The Morgan fingerprint density at radius 1 is 1.06 bits per heavy atom. The highest BCUT2D eigenvalue weighted by molar-refractivity contribution is 7.89. The fourth-order valence-electron chi connectivity index (χ4n) is 4.16. The number of rotatable bonds is 8. The Hall–Kier alpha value is -2.90. The summed E-state index contributed by atoms with van der Waals surface area (Å²) < 4.78 is 32.4. The Balaban J connectivity index is 1.27. The van der Waals surface area contributed by atoms with Gasteiger partial charge in [0.05, 0.1) is 19.3 Å². The fourth-order valence-corrected chi connectivity index (χ4v) is 5.63. The normalized spacial score (nSPS) is 14.2. The van der Waals surface area contributed by atoms with E-state index in [0.717, 1.165) is 33.2 Å². The summed E-state index contributed by atoms with van der Waals surface area (Å²) in [6.45, 7) is 1.19. The van der Waals surface area contributed by atoms with E-state index in [1.54, 1.807) is 11.4 Å². The lowest BCUT2D eigenvalue weighted by Gasteiger charge is -2.28. The second-order valence-corrected chi connectivity index (χ2v) is 10.1. The number of ether oxygens (including phenoxy) is 1. The van der Waals surface area contributed by atoms with Gasteiger partial charge in [-0.15, -0.1) is 0 Å². The molecule has 3 aromatic carbocycles. The number of carbonyl (C=O) groups excluding carboxylic acids is 1. The zero-order valence-corrected chi connectivity index (χ0v) is 19.0. The van der Waals surface area contributed by atoms with Crippen LogP contribution in [0.3, 0.4) is 0 Å². The van der Waals surface area contributed by atoms with Gasteiger partial charge < -0.3 is 10.1 Å². The quantitative estimate of drug-likeness (QED) is 0.532. The number of amides is 1. The third kappa shape index (κ3) is 5.11. The zero-order chi connectivity index (χ0) is 22.6. The van der Waals surface area contributed by atoms with Gasteiger partial charge in [-0.1, -0.05) is 48.5 Å². The molecule has 0 fully saturated rings. The molecule has 3 aromatic rings. The van der Waals surface area contributed by atoms with E-state index in [2.05, 4.69) is 5.32 Å². The standard InChI is InChI=1S/C25H28N2O4S/c1-31-23-11-10-22-18-27(14-12-20(22)16-23)32(29,30)15-5-13-26-25(28)17-21-8-4-7-19-6-2-3-9-24(19)21/h2-4,6-11,16H,5,12-15,17-18H2,1H3,(H,26,28). The summed E-state index contributed by atoms with van der Waals surface area (Å²) in [7, 11) is -1.75. The third-order valence-electron chi connectivity index (χ3n) is 5.92. The Morgan fingerprint density at radius 2 is 1.88 bits per heavy atom. The van der Waals surface area contributed by atoms with E-state index in [4.69, 9.17) is 4.74 Å².